The van der Waals surface area contributed by atoms with E-state index in [-0.39, 0.29) is 22.2 Å². The summed E-state index contributed by atoms with van der Waals surface area (Å²) in [4.78, 5) is -0.310. The topological polar surface area (TPSA) is 92.4 Å². The zero-order chi connectivity index (χ0) is 13.9. The zero-order valence-corrected chi connectivity index (χ0v) is 11.2. The van der Waals surface area contributed by atoms with Crippen molar-refractivity contribution in [2.75, 3.05) is 12.3 Å². The highest BCUT2D eigenvalue weighted by molar-refractivity contribution is 7.89. The minimum Gasteiger partial charge on any atom is -0.396 e. The van der Waals surface area contributed by atoms with Gasteiger partial charge in [0.05, 0.1) is 17.3 Å². The van der Waals surface area contributed by atoms with Crippen molar-refractivity contribution in [1.82, 2.24) is 4.72 Å². The Kier molecular flexibility index (Phi) is 4.92. The van der Waals surface area contributed by atoms with Crippen LogP contribution in [0.3, 0.4) is 0 Å². The Balaban J connectivity index is 3.16. The molecular formula is C10H14ClFN2O3S. The van der Waals surface area contributed by atoms with Crippen LogP contribution < -0.4 is 10.5 Å². The smallest absolute Gasteiger partial charge is 0.242 e. The van der Waals surface area contributed by atoms with Gasteiger partial charge >= 0.3 is 0 Å². The van der Waals surface area contributed by atoms with E-state index >= 15 is 0 Å². The number of hydrogen-bond acceptors (Lipinski definition) is 4. The van der Waals surface area contributed by atoms with Crippen LogP contribution in [0.1, 0.15) is 13.3 Å². The Hall–Kier alpha value is -0.890. The van der Waals surface area contributed by atoms with E-state index in [0.717, 1.165) is 12.1 Å². The summed E-state index contributed by atoms with van der Waals surface area (Å²) >= 11 is 5.68. The first-order valence-corrected chi connectivity index (χ1v) is 7.05. The van der Waals surface area contributed by atoms with Gasteiger partial charge < -0.3 is 10.8 Å². The largest absolute Gasteiger partial charge is 0.396 e. The Labute approximate surface area is 110 Å². The molecule has 4 N–H and O–H groups in total. The van der Waals surface area contributed by atoms with E-state index in [2.05, 4.69) is 4.72 Å². The Morgan fingerprint density at radius 1 is 1.56 bits per heavy atom. The molecule has 5 nitrogen and oxygen atoms in total. The number of anilines is 1. The molecule has 0 bridgehead atoms. The summed E-state index contributed by atoms with van der Waals surface area (Å²) in [5.41, 5.74) is 5.00. The van der Waals surface area contributed by atoms with Gasteiger partial charge in [-0.2, -0.15) is 0 Å². The molecule has 1 aromatic carbocycles. The monoisotopic (exact) mass is 296 g/mol. The van der Waals surface area contributed by atoms with E-state index in [0.29, 0.717) is 6.42 Å². The molecule has 0 spiro atoms. The van der Waals surface area contributed by atoms with Crippen molar-refractivity contribution in [3.63, 3.8) is 0 Å². The Morgan fingerprint density at radius 3 is 2.67 bits per heavy atom. The van der Waals surface area contributed by atoms with Gasteiger partial charge in [0.25, 0.3) is 0 Å². The van der Waals surface area contributed by atoms with Crippen LogP contribution in [0.4, 0.5) is 10.1 Å². The van der Waals surface area contributed by atoms with Gasteiger partial charge in [0.15, 0.2) is 0 Å². The van der Waals surface area contributed by atoms with Crippen molar-refractivity contribution < 1.29 is 17.9 Å². The molecule has 0 radical (unpaired) electrons. The molecule has 0 amide bonds. The molecular weight excluding hydrogens is 283 g/mol. The van der Waals surface area contributed by atoms with Gasteiger partial charge in [-0.1, -0.05) is 18.5 Å². The first kappa shape index (κ1) is 15.2. The molecule has 102 valence electrons. The average Bonchev–Trinajstić information content (AvgIpc) is 2.30. The summed E-state index contributed by atoms with van der Waals surface area (Å²) in [6.45, 7) is 1.37. The van der Waals surface area contributed by atoms with Crippen LogP contribution in [0.5, 0.6) is 0 Å². The maximum Gasteiger partial charge on any atom is 0.242 e. The Morgan fingerprint density at radius 2 is 2.17 bits per heavy atom. The standard InChI is InChI=1S/C10H14ClFN2O3S/c1-2-6(5-15)14-18(16,17)10-4-9(13)8(12)3-7(10)11/h3-4,6,14-15H,2,5,13H2,1H3/t6-/m0/s1. The molecule has 0 heterocycles. The highest BCUT2D eigenvalue weighted by atomic mass is 35.5. The molecule has 1 rings (SSSR count). The molecule has 0 saturated carbocycles. The predicted octanol–water partition coefficient (Wildman–Crippen LogP) is 1.11. The maximum atomic E-state index is 13.1. The average molecular weight is 297 g/mol. The van der Waals surface area contributed by atoms with Gasteiger partial charge in [0.2, 0.25) is 10.0 Å². The van der Waals surface area contributed by atoms with Crippen molar-refractivity contribution in [2.24, 2.45) is 0 Å². The number of aliphatic hydroxyl groups is 1. The Bertz CT molecular complexity index is 532. The van der Waals surface area contributed by atoms with Crippen LogP contribution in [-0.4, -0.2) is 26.2 Å². The van der Waals surface area contributed by atoms with Crippen LogP contribution in [0, 0.1) is 5.82 Å². The fourth-order valence-electron chi connectivity index (χ4n) is 1.28. The lowest BCUT2D eigenvalue weighted by Gasteiger charge is -2.15. The fourth-order valence-corrected chi connectivity index (χ4v) is 3.14. The zero-order valence-electron chi connectivity index (χ0n) is 9.65. The van der Waals surface area contributed by atoms with E-state index in [4.69, 9.17) is 22.4 Å². The first-order valence-electron chi connectivity index (χ1n) is 5.19. The van der Waals surface area contributed by atoms with E-state index in [9.17, 15) is 12.8 Å². The highest BCUT2D eigenvalue weighted by Crippen LogP contribution is 2.26. The quantitative estimate of drug-likeness (QED) is 0.710. The third kappa shape index (κ3) is 3.32. The molecule has 0 aliphatic heterocycles. The fraction of sp³-hybridized carbons (Fsp3) is 0.400. The number of hydrogen-bond donors (Lipinski definition) is 3. The first-order chi connectivity index (χ1) is 8.31. The second-order valence-electron chi connectivity index (χ2n) is 3.71. The van der Waals surface area contributed by atoms with Crippen LogP contribution in [0.15, 0.2) is 17.0 Å². The third-order valence-electron chi connectivity index (χ3n) is 2.38. The third-order valence-corrected chi connectivity index (χ3v) is 4.36. The van der Waals surface area contributed by atoms with Crippen LogP contribution in [0.25, 0.3) is 0 Å². The van der Waals surface area contributed by atoms with Crippen molar-refractivity contribution in [3.8, 4) is 0 Å². The van der Waals surface area contributed by atoms with Crippen molar-refractivity contribution in [2.45, 2.75) is 24.3 Å². The lowest BCUT2D eigenvalue weighted by molar-refractivity contribution is 0.254. The second-order valence-corrected chi connectivity index (χ2v) is 5.80. The summed E-state index contributed by atoms with van der Waals surface area (Å²) < 4.78 is 39.3. The normalized spacial score (nSPS) is 13.6. The van der Waals surface area contributed by atoms with Gasteiger partial charge in [0, 0.05) is 6.04 Å². The SMILES string of the molecule is CC[C@@H](CO)NS(=O)(=O)c1cc(N)c(F)cc1Cl. The number of nitrogens with one attached hydrogen (secondary N) is 1. The van der Waals surface area contributed by atoms with Crippen LogP contribution in [0.2, 0.25) is 5.02 Å². The number of benzene rings is 1. The summed E-state index contributed by atoms with van der Waals surface area (Å²) in [5.74, 6) is -0.784. The molecule has 0 aromatic heterocycles. The number of rotatable bonds is 5. The lowest BCUT2D eigenvalue weighted by atomic mass is 10.3. The van der Waals surface area contributed by atoms with E-state index in [1.54, 1.807) is 6.92 Å². The van der Waals surface area contributed by atoms with Crippen molar-refractivity contribution in [3.05, 3.63) is 23.0 Å². The van der Waals surface area contributed by atoms with E-state index in [1.807, 2.05) is 0 Å². The minimum absolute atomic E-state index is 0.262. The number of nitrogens with two attached hydrogens (primary N) is 1. The molecule has 0 aliphatic carbocycles. The molecule has 0 saturated heterocycles. The lowest BCUT2D eigenvalue weighted by Crippen LogP contribution is -2.37. The van der Waals surface area contributed by atoms with Gasteiger partial charge in [0.1, 0.15) is 10.7 Å². The number of nitrogen functional groups attached to an aromatic ring is 1. The highest BCUT2D eigenvalue weighted by Gasteiger charge is 2.22. The number of aliphatic hydroxyl groups excluding tert-OH is 1. The molecule has 18 heavy (non-hydrogen) atoms. The van der Waals surface area contributed by atoms with Gasteiger partial charge in [-0.3, -0.25) is 0 Å². The second kappa shape index (κ2) is 5.83. The molecule has 1 atom stereocenters. The number of sulfonamides is 1. The van der Waals surface area contributed by atoms with Crippen LogP contribution >= 0.6 is 11.6 Å². The maximum absolute atomic E-state index is 13.1. The number of halogens is 2. The van der Waals surface area contributed by atoms with Crippen molar-refractivity contribution in [1.29, 1.82) is 0 Å². The van der Waals surface area contributed by atoms with Crippen molar-refractivity contribution >= 4 is 27.3 Å². The summed E-state index contributed by atoms with van der Waals surface area (Å²) in [7, 11) is -3.94. The molecule has 0 aliphatic rings. The minimum atomic E-state index is -3.94. The van der Waals surface area contributed by atoms with E-state index < -0.39 is 21.9 Å². The molecule has 1 aromatic rings. The molecule has 0 fully saturated rings. The molecule has 0 unspecified atom stereocenters. The summed E-state index contributed by atoms with van der Waals surface area (Å²) in [6, 6.07) is 1.16. The van der Waals surface area contributed by atoms with Gasteiger partial charge in [-0.15, -0.1) is 0 Å². The van der Waals surface area contributed by atoms with E-state index in [1.165, 1.54) is 0 Å². The van der Waals surface area contributed by atoms with Crippen LogP contribution in [-0.2, 0) is 10.0 Å². The van der Waals surface area contributed by atoms with Gasteiger partial charge in [-0.25, -0.2) is 17.5 Å². The molecule has 8 heteroatoms. The van der Waals surface area contributed by atoms with Gasteiger partial charge in [-0.05, 0) is 18.6 Å². The predicted molar refractivity (Wildman–Crippen MR) is 67.3 cm³/mol. The summed E-state index contributed by atoms with van der Waals surface area (Å²) in [6.07, 6.45) is 0.407. The summed E-state index contributed by atoms with van der Waals surface area (Å²) in [5, 5.41) is 8.70.